The number of rotatable bonds is 3. The first kappa shape index (κ1) is 16.1. The smallest absolute Gasteiger partial charge is 0.265 e. The Hall–Kier alpha value is -2.73. The van der Waals surface area contributed by atoms with Crippen LogP contribution in [0.25, 0.3) is 10.1 Å². The lowest BCUT2D eigenvalue weighted by atomic mass is 10.2. The number of amides is 2. The standard InChI is InChI=1S/C18H15FN2O2S/c1-21(2)18(23)11-3-6-14(7-4-11)20-17(22)16-10-12-9-13(19)5-8-15(12)24-16/h3-10H,1-2H3,(H,20,22). The predicted octanol–water partition coefficient (Wildman–Crippen LogP) is 3.99. The highest BCUT2D eigenvalue weighted by Crippen LogP contribution is 2.27. The summed E-state index contributed by atoms with van der Waals surface area (Å²) in [5.41, 5.74) is 1.15. The molecule has 0 spiro atoms. The number of carbonyl (C=O) groups is 2. The Kier molecular flexibility index (Phi) is 4.31. The summed E-state index contributed by atoms with van der Waals surface area (Å²) < 4.78 is 14.1. The minimum atomic E-state index is -0.326. The molecule has 0 saturated carbocycles. The van der Waals surface area contributed by atoms with Crippen LogP contribution in [0.15, 0.2) is 48.5 Å². The average Bonchev–Trinajstić information content (AvgIpc) is 2.98. The third-order valence-electron chi connectivity index (χ3n) is 3.50. The lowest BCUT2D eigenvalue weighted by Crippen LogP contribution is -2.21. The van der Waals surface area contributed by atoms with E-state index in [4.69, 9.17) is 0 Å². The van der Waals surface area contributed by atoms with Crippen molar-refractivity contribution in [1.29, 1.82) is 0 Å². The molecule has 1 N–H and O–H groups in total. The van der Waals surface area contributed by atoms with Crippen LogP contribution < -0.4 is 5.32 Å². The molecule has 0 radical (unpaired) electrons. The second-order valence-corrected chi connectivity index (χ2v) is 6.61. The van der Waals surface area contributed by atoms with Gasteiger partial charge >= 0.3 is 0 Å². The number of anilines is 1. The maximum absolute atomic E-state index is 13.2. The lowest BCUT2D eigenvalue weighted by molar-refractivity contribution is 0.0827. The van der Waals surface area contributed by atoms with Crippen LogP contribution in [0.1, 0.15) is 20.0 Å². The van der Waals surface area contributed by atoms with Crippen molar-refractivity contribution in [3.8, 4) is 0 Å². The van der Waals surface area contributed by atoms with Gasteiger partial charge in [0.2, 0.25) is 0 Å². The second-order valence-electron chi connectivity index (χ2n) is 5.52. The molecular weight excluding hydrogens is 327 g/mol. The Bertz CT molecular complexity index is 916. The van der Waals surface area contributed by atoms with E-state index in [1.54, 1.807) is 50.5 Å². The minimum Gasteiger partial charge on any atom is -0.345 e. The molecule has 3 rings (SSSR count). The van der Waals surface area contributed by atoms with Crippen molar-refractivity contribution in [2.24, 2.45) is 0 Å². The average molecular weight is 342 g/mol. The van der Waals surface area contributed by atoms with Gasteiger partial charge in [-0.15, -0.1) is 11.3 Å². The van der Waals surface area contributed by atoms with Gasteiger partial charge in [-0.3, -0.25) is 9.59 Å². The number of hydrogen-bond acceptors (Lipinski definition) is 3. The van der Waals surface area contributed by atoms with Crippen molar-refractivity contribution in [3.05, 3.63) is 64.8 Å². The molecule has 4 nitrogen and oxygen atoms in total. The molecule has 122 valence electrons. The first-order valence-electron chi connectivity index (χ1n) is 7.26. The normalized spacial score (nSPS) is 10.6. The van der Waals surface area contributed by atoms with E-state index in [-0.39, 0.29) is 17.6 Å². The molecule has 3 aromatic rings. The number of benzene rings is 2. The van der Waals surface area contributed by atoms with E-state index < -0.39 is 0 Å². The molecule has 24 heavy (non-hydrogen) atoms. The topological polar surface area (TPSA) is 49.4 Å². The van der Waals surface area contributed by atoms with Gasteiger partial charge in [0.1, 0.15) is 5.82 Å². The van der Waals surface area contributed by atoms with Gasteiger partial charge in [0.25, 0.3) is 11.8 Å². The number of halogens is 1. The van der Waals surface area contributed by atoms with Crippen molar-refractivity contribution >= 4 is 38.9 Å². The van der Waals surface area contributed by atoms with E-state index in [1.165, 1.54) is 28.4 Å². The Morgan fingerprint density at radius 2 is 1.75 bits per heavy atom. The number of carbonyl (C=O) groups excluding carboxylic acids is 2. The molecule has 0 saturated heterocycles. The van der Waals surface area contributed by atoms with Crippen molar-refractivity contribution < 1.29 is 14.0 Å². The zero-order valence-electron chi connectivity index (χ0n) is 13.2. The predicted molar refractivity (Wildman–Crippen MR) is 94.2 cm³/mol. The van der Waals surface area contributed by atoms with Crippen LogP contribution in [-0.2, 0) is 0 Å². The van der Waals surface area contributed by atoms with Gasteiger partial charge in [-0.25, -0.2) is 4.39 Å². The Morgan fingerprint density at radius 3 is 2.42 bits per heavy atom. The van der Waals surface area contributed by atoms with Gasteiger partial charge in [-0.2, -0.15) is 0 Å². The van der Waals surface area contributed by atoms with Crippen LogP contribution in [0.2, 0.25) is 0 Å². The Morgan fingerprint density at radius 1 is 1.04 bits per heavy atom. The summed E-state index contributed by atoms with van der Waals surface area (Å²) >= 11 is 1.31. The van der Waals surface area contributed by atoms with Gasteiger partial charge in [0, 0.05) is 30.0 Å². The quantitative estimate of drug-likeness (QED) is 0.782. The van der Waals surface area contributed by atoms with Gasteiger partial charge < -0.3 is 10.2 Å². The van der Waals surface area contributed by atoms with E-state index in [0.29, 0.717) is 21.5 Å². The largest absolute Gasteiger partial charge is 0.345 e. The molecule has 1 aromatic heterocycles. The number of nitrogens with zero attached hydrogens (tertiary/aromatic N) is 1. The zero-order valence-corrected chi connectivity index (χ0v) is 14.0. The van der Waals surface area contributed by atoms with Crippen LogP contribution in [0.3, 0.4) is 0 Å². The summed E-state index contributed by atoms with van der Waals surface area (Å²) in [5.74, 6) is -0.684. The molecule has 6 heteroatoms. The van der Waals surface area contributed by atoms with Crippen molar-refractivity contribution in [3.63, 3.8) is 0 Å². The minimum absolute atomic E-state index is 0.0978. The van der Waals surface area contributed by atoms with E-state index in [9.17, 15) is 14.0 Å². The number of nitrogens with one attached hydrogen (secondary N) is 1. The SMILES string of the molecule is CN(C)C(=O)c1ccc(NC(=O)c2cc3cc(F)ccc3s2)cc1. The number of hydrogen-bond donors (Lipinski definition) is 1. The van der Waals surface area contributed by atoms with Crippen molar-refractivity contribution in [2.45, 2.75) is 0 Å². The fourth-order valence-electron chi connectivity index (χ4n) is 2.27. The summed E-state index contributed by atoms with van der Waals surface area (Å²) in [4.78, 5) is 26.2. The van der Waals surface area contributed by atoms with Gasteiger partial charge in [-0.1, -0.05) is 0 Å². The van der Waals surface area contributed by atoms with E-state index in [1.807, 2.05) is 0 Å². The maximum atomic E-state index is 13.2. The molecule has 0 bridgehead atoms. The van der Waals surface area contributed by atoms with Crippen molar-refractivity contribution in [1.82, 2.24) is 4.90 Å². The summed E-state index contributed by atoms with van der Waals surface area (Å²) in [6.45, 7) is 0. The first-order chi connectivity index (χ1) is 11.4. The third kappa shape index (κ3) is 3.28. The lowest BCUT2D eigenvalue weighted by Gasteiger charge is -2.10. The molecule has 0 aliphatic rings. The summed E-state index contributed by atoms with van der Waals surface area (Å²) in [7, 11) is 3.37. The molecule has 1 heterocycles. The molecule has 0 fully saturated rings. The molecule has 0 aliphatic carbocycles. The highest BCUT2D eigenvalue weighted by atomic mass is 32.1. The van der Waals surface area contributed by atoms with Crippen molar-refractivity contribution in [2.75, 3.05) is 19.4 Å². The first-order valence-corrected chi connectivity index (χ1v) is 8.08. The monoisotopic (exact) mass is 342 g/mol. The highest BCUT2D eigenvalue weighted by Gasteiger charge is 2.12. The van der Waals surface area contributed by atoms with Gasteiger partial charge in [-0.05, 0) is 53.9 Å². The Labute approximate surface area is 142 Å². The van der Waals surface area contributed by atoms with Gasteiger partial charge in [0.15, 0.2) is 0 Å². The zero-order chi connectivity index (χ0) is 17.3. The van der Waals surface area contributed by atoms with Crippen LogP contribution in [-0.4, -0.2) is 30.8 Å². The second kappa shape index (κ2) is 6.41. The molecule has 0 aliphatic heterocycles. The molecule has 2 aromatic carbocycles. The van der Waals surface area contributed by atoms with Crippen LogP contribution >= 0.6 is 11.3 Å². The van der Waals surface area contributed by atoms with E-state index >= 15 is 0 Å². The maximum Gasteiger partial charge on any atom is 0.265 e. The number of fused-ring (bicyclic) bond motifs is 1. The Balaban J connectivity index is 1.77. The summed E-state index contributed by atoms with van der Waals surface area (Å²) in [5, 5.41) is 3.49. The third-order valence-corrected chi connectivity index (χ3v) is 4.61. The molecule has 2 amide bonds. The van der Waals surface area contributed by atoms with E-state index in [2.05, 4.69) is 5.32 Å². The fraction of sp³-hybridized carbons (Fsp3) is 0.111. The van der Waals surface area contributed by atoms with Crippen LogP contribution in [0.5, 0.6) is 0 Å². The summed E-state index contributed by atoms with van der Waals surface area (Å²) in [6, 6.07) is 12.8. The molecule has 0 unspecified atom stereocenters. The number of thiophene rings is 1. The molecular formula is C18H15FN2O2S. The highest BCUT2D eigenvalue weighted by molar-refractivity contribution is 7.20. The fourth-order valence-corrected chi connectivity index (χ4v) is 3.21. The van der Waals surface area contributed by atoms with Crippen LogP contribution in [0.4, 0.5) is 10.1 Å². The van der Waals surface area contributed by atoms with Gasteiger partial charge in [0.05, 0.1) is 4.88 Å². The van der Waals surface area contributed by atoms with Crippen LogP contribution in [0, 0.1) is 5.82 Å². The van der Waals surface area contributed by atoms with E-state index in [0.717, 1.165) is 4.70 Å². The molecule has 0 atom stereocenters. The summed E-state index contributed by atoms with van der Waals surface area (Å²) in [6.07, 6.45) is 0.